The second-order valence-corrected chi connectivity index (χ2v) is 9.90. The molecule has 1 aliphatic carbocycles. The molecule has 0 radical (unpaired) electrons. The summed E-state index contributed by atoms with van der Waals surface area (Å²) in [6.07, 6.45) is 10.5. The van der Waals surface area contributed by atoms with Gasteiger partial charge in [0.2, 0.25) is 5.79 Å². The van der Waals surface area contributed by atoms with Crippen LogP contribution in [-0.2, 0) is 19.6 Å². The van der Waals surface area contributed by atoms with E-state index in [2.05, 4.69) is 55.4 Å². The number of unbranched alkanes of at least 4 members (excludes halogenated alkanes) is 2. The van der Waals surface area contributed by atoms with E-state index in [4.69, 9.17) is 19.6 Å². The van der Waals surface area contributed by atoms with Crippen LogP contribution in [0.25, 0.3) is 0 Å². The third-order valence-electron chi connectivity index (χ3n) is 5.66. The SMILES string of the molecule is CCCCC(C)(C)OOC1(OOC(C)(C)CCCC)CCCCC1(C)C. The smallest absolute Gasteiger partial charge is 0.228 e. The molecule has 4 nitrogen and oxygen atoms in total. The average Bonchev–Trinajstić information content (AvgIpc) is 2.56. The molecule has 0 amide bonds. The lowest BCUT2D eigenvalue weighted by atomic mass is 9.72. The summed E-state index contributed by atoms with van der Waals surface area (Å²) in [5.41, 5.74) is -0.845. The molecule has 0 aromatic heterocycles. The summed E-state index contributed by atoms with van der Waals surface area (Å²) >= 11 is 0. The van der Waals surface area contributed by atoms with E-state index in [0.717, 1.165) is 57.8 Å². The van der Waals surface area contributed by atoms with Crippen molar-refractivity contribution in [3.63, 3.8) is 0 Å². The minimum Gasteiger partial charge on any atom is -0.228 e. The third-order valence-corrected chi connectivity index (χ3v) is 5.66. The largest absolute Gasteiger partial charge is 0.238 e. The highest BCUT2D eigenvalue weighted by molar-refractivity contribution is 4.90. The van der Waals surface area contributed by atoms with Gasteiger partial charge in [-0.15, -0.1) is 0 Å². The standard InChI is InChI=1S/C22H44O4/c1-9-11-16-20(5,6)23-25-22(18-14-13-15-19(22,3)4)26-24-21(7,8)17-12-10-2/h9-18H2,1-8H3. The van der Waals surface area contributed by atoms with E-state index in [0.29, 0.717) is 0 Å². The van der Waals surface area contributed by atoms with Crippen molar-refractivity contribution in [1.82, 2.24) is 0 Å². The van der Waals surface area contributed by atoms with Gasteiger partial charge in [0.1, 0.15) is 0 Å². The molecule has 1 rings (SSSR count). The fourth-order valence-corrected chi connectivity index (χ4v) is 3.42. The van der Waals surface area contributed by atoms with Crippen LogP contribution in [0.5, 0.6) is 0 Å². The fraction of sp³-hybridized carbons (Fsp3) is 1.00. The summed E-state index contributed by atoms with van der Waals surface area (Å²) in [4.78, 5) is 24.1. The Morgan fingerprint density at radius 3 is 1.54 bits per heavy atom. The number of rotatable bonds is 12. The van der Waals surface area contributed by atoms with Crippen LogP contribution in [-0.4, -0.2) is 17.0 Å². The van der Waals surface area contributed by atoms with Crippen LogP contribution in [0.3, 0.4) is 0 Å². The van der Waals surface area contributed by atoms with E-state index in [1.165, 1.54) is 6.42 Å². The highest BCUT2D eigenvalue weighted by Crippen LogP contribution is 2.48. The minimum atomic E-state index is -0.863. The molecule has 0 spiro atoms. The molecule has 4 heteroatoms. The van der Waals surface area contributed by atoms with Crippen LogP contribution in [0.15, 0.2) is 0 Å². The van der Waals surface area contributed by atoms with Crippen LogP contribution in [0.1, 0.15) is 120 Å². The first-order valence-electron chi connectivity index (χ1n) is 10.7. The number of hydrogen-bond acceptors (Lipinski definition) is 4. The van der Waals surface area contributed by atoms with Crippen molar-refractivity contribution in [2.24, 2.45) is 5.41 Å². The first-order chi connectivity index (χ1) is 12.0. The Bertz CT molecular complexity index is 377. The second kappa shape index (κ2) is 9.86. The van der Waals surface area contributed by atoms with Gasteiger partial charge in [-0.3, -0.25) is 0 Å². The lowest BCUT2D eigenvalue weighted by Gasteiger charge is -2.48. The molecule has 0 atom stereocenters. The first kappa shape index (κ1) is 23.9. The van der Waals surface area contributed by atoms with Gasteiger partial charge in [-0.2, -0.15) is 9.78 Å². The van der Waals surface area contributed by atoms with Gasteiger partial charge in [0.05, 0.1) is 11.2 Å². The summed E-state index contributed by atoms with van der Waals surface area (Å²) in [5, 5.41) is 0. The first-order valence-corrected chi connectivity index (χ1v) is 10.7. The van der Waals surface area contributed by atoms with Gasteiger partial charge in [0.15, 0.2) is 0 Å². The molecule has 0 saturated heterocycles. The summed E-state index contributed by atoms with van der Waals surface area (Å²) in [6.45, 7) is 17.1. The van der Waals surface area contributed by atoms with Crippen molar-refractivity contribution in [3.8, 4) is 0 Å². The predicted octanol–water partition coefficient (Wildman–Crippen LogP) is 7.12. The Balaban J connectivity index is 2.84. The molecular weight excluding hydrogens is 328 g/mol. The van der Waals surface area contributed by atoms with Crippen LogP contribution in [0, 0.1) is 5.41 Å². The molecule has 1 fully saturated rings. The van der Waals surface area contributed by atoms with Crippen molar-refractivity contribution in [3.05, 3.63) is 0 Å². The molecule has 1 saturated carbocycles. The Hall–Kier alpha value is -0.160. The normalized spacial score (nSPS) is 20.3. The Morgan fingerprint density at radius 1 is 0.731 bits per heavy atom. The molecular formula is C22H44O4. The van der Waals surface area contributed by atoms with Gasteiger partial charge >= 0.3 is 0 Å². The van der Waals surface area contributed by atoms with Gasteiger partial charge in [0, 0.05) is 11.8 Å². The van der Waals surface area contributed by atoms with Gasteiger partial charge in [-0.05, 0) is 53.4 Å². The van der Waals surface area contributed by atoms with Crippen molar-refractivity contribution >= 4 is 0 Å². The summed E-state index contributed by atoms with van der Waals surface area (Å²) in [5.74, 6) is -0.863. The van der Waals surface area contributed by atoms with E-state index in [-0.39, 0.29) is 16.6 Å². The zero-order valence-electron chi connectivity index (χ0n) is 18.7. The predicted molar refractivity (Wildman–Crippen MR) is 107 cm³/mol. The van der Waals surface area contributed by atoms with Crippen molar-refractivity contribution < 1.29 is 19.6 Å². The molecule has 0 heterocycles. The lowest BCUT2D eigenvalue weighted by molar-refractivity contribution is -0.568. The maximum Gasteiger partial charge on any atom is 0.238 e. The summed E-state index contributed by atoms with van der Waals surface area (Å²) in [7, 11) is 0. The van der Waals surface area contributed by atoms with Crippen molar-refractivity contribution in [1.29, 1.82) is 0 Å². The van der Waals surface area contributed by atoms with Crippen LogP contribution in [0.4, 0.5) is 0 Å². The fourth-order valence-electron chi connectivity index (χ4n) is 3.42. The Morgan fingerprint density at radius 2 is 1.15 bits per heavy atom. The lowest BCUT2D eigenvalue weighted by Crippen LogP contribution is -2.53. The Kier molecular flexibility index (Phi) is 9.06. The Labute approximate surface area is 162 Å². The molecule has 1 aliphatic rings. The molecule has 0 bridgehead atoms. The topological polar surface area (TPSA) is 36.9 Å². The van der Waals surface area contributed by atoms with Gasteiger partial charge < -0.3 is 0 Å². The molecule has 0 aromatic carbocycles. The quantitative estimate of drug-likeness (QED) is 0.208. The van der Waals surface area contributed by atoms with Gasteiger partial charge in [-0.25, -0.2) is 9.78 Å². The molecule has 0 unspecified atom stereocenters. The van der Waals surface area contributed by atoms with E-state index in [9.17, 15) is 0 Å². The zero-order chi connectivity index (χ0) is 19.9. The monoisotopic (exact) mass is 372 g/mol. The van der Waals surface area contributed by atoms with Crippen LogP contribution < -0.4 is 0 Å². The second-order valence-electron chi connectivity index (χ2n) is 9.90. The molecule has 0 aliphatic heterocycles. The maximum atomic E-state index is 6.10. The molecule has 26 heavy (non-hydrogen) atoms. The van der Waals surface area contributed by atoms with Crippen LogP contribution >= 0.6 is 0 Å². The third kappa shape index (κ3) is 7.10. The average molecular weight is 373 g/mol. The zero-order valence-corrected chi connectivity index (χ0v) is 18.7. The van der Waals surface area contributed by atoms with Crippen molar-refractivity contribution in [2.75, 3.05) is 0 Å². The minimum absolute atomic E-state index is 0.174. The van der Waals surface area contributed by atoms with E-state index in [1.807, 2.05) is 0 Å². The van der Waals surface area contributed by atoms with Crippen LogP contribution in [0.2, 0.25) is 0 Å². The van der Waals surface area contributed by atoms with E-state index in [1.54, 1.807) is 0 Å². The molecule has 0 N–H and O–H groups in total. The summed E-state index contributed by atoms with van der Waals surface area (Å²) < 4.78 is 0. The molecule has 0 aromatic rings. The van der Waals surface area contributed by atoms with Crippen molar-refractivity contribution in [2.45, 2.75) is 137 Å². The van der Waals surface area contributed by atoms with E-state index >= 15 is 0 Å². The van der Waals surface area contributed by atoms with E-state index < -0.39 is 5.79 Å². The summed E-state index contributed by atoms with van der Waals surface area (Å²) in [6, 6.07) is 0. The van der Waals surface area contributed by atoms with Gasteiger partial charge in [-0.1, -0.05) is 59.8 Å². The molecule has 156 valence electrons. The highest BCUT2D eigenvalue weighted by Gasteiger charge is 2.53. The maximum absolute atomic E-state index is 6.10. The highest BCUT2D eigenvalue weighted by atomic mass is 17.3. The number of hydrogen-bond donors (Lipinski definition) is 0. The van der Waals surface area contributed by atoms with Gasteiger partial charge in [0.25, 0.3) is 0 Å².